The van der Waals surface area contributed by atoms with E-state index in [0.717, 1.165) is 15.9 Å². The van der Waals surface area contributed by atoms with Gasteiger partial charge in [-0.3, -0.25) is 5.10 Å². The lowest BCUT2D eigenvalue weighted by atomic mass is 10.1. The first-order chi connectivity index (χ1) is 8.20. The minimum Gasteiger partial charge on any atom is -0.326 e. The van der Waals surface area contributed by atoms with Crippen LogP contribution in [-0.2, 0) is 0 Å². The summed E-state index contributed by atoms with van der Waals surface area (Å²) in [6, 6.07) is 3.99. The van der Waals surface area contributed by atoms with Crippen molar-refractivity contribution in [2.75, 3.05) is 0 Å². The summed E-state index contributed by atoms with van der Waals surface area (Å²) >= 11 is 9.12. The van der Waals surface area contributed by atoms with Crippen LogP contribution in [0.3, 0.4) is 0 Å². The third-order valence-electron chi connectivity index (χ3n) is 2.37. The van der Waals surface area contributed by atoms with Gasteiger partial charge in [-0.15, -0.1) is 11.3 Å². The van der Waals surface area contributed by atoms with Crippen LogP contribution in [0.15, 0.2) is 23.6 Å². The lowest BCUT2D eigenvalue weighted by molar-refractivity contribution is 0.638. The van der Waals surface area contributed by atoms with Crippen LogP contribution in [0.4, 0.5) is 0 Å². The van der Waals surface area contributed by atoms with Gasteiger partial charge in [-0.2, -0.15) is 5.10 Å². The van der Waals surface area contributed by atoms with Crippen LogP contribution in [0.25, 0.3) is 0 Å². The molecule has 2 aromatic heterocycles. The first kappa shape index (κ1) is 12.9. The van der Waals surface area contributed by atoms with Crippen LogP contribution in [-0.4, -0.2) is 21.2 Å². The lowest BCUT2D eigenvalue weighted by Gasteiger charge is -2.19. The molecule has 0 aliphatic rings. The molecular formula is C10H13ClN4S2. The van der Waals surface area contributed by atoms with E-state index in [9.17, 15) is 0 Å². The SMILES string of the molecule is CCC(N)C(Sc1ncn[nH]1)c1ccc(Cl)s1. The van der Waals surface area contributed by atoms with E-state index in [2.05, 4.69) is 22.1 Å². The molecule has 0 bridgehead atoms. The topological polar surface area (TPSA) is 67.6 Å². The van der Waals surface area contributed by atoms with E-state index in [0.29, 0.717) is 0 Å². The van der Waals surface area contributed by atoms with Crippen LogP contribution in [0.2, 0.25) is 4.34 Å². The van der Waals surface area contributed by atoms with Gasteiger partial charge in [0.15, 0.2) is 5.16 Å². The minimum atomic E-state index is 0.0693. The number of nitrogens with two attached hydrogens (primary N) is 1. The van der Waals surface area contributed by atoms with Crippen molar-refractivity contribution in [1.82, 2.24) is 15.2 Å². The molecule has 0 saturated heterocycles. The Morgan fingerprint density at radius 2 is 2.41 bits per heavy atom. The molecule has 17 heavy (non-hydrogen) atoms. The number of thioether (sulfide) groups is 1. The molecule has 0 fully saturated rings. The average Bonchev–Trinajstić information content (AvgIpc) is 2.96. The Labute approximate surface area is 113 Å². The zero-order valence-electron chi connectivity index (χ0n) is 9.26. The number of aromatic nitrogens is 3. The highest BCUT2D eigenvalue weighted by Crippen LogP contribution is 2.40. The van der Waals surface area contributed by atoms with Gasteiger partial charge in [0.25, 0.3) is 0 Å². The summed E-state index contributed by atoms with van der Waals surface area (Å²) < 4.78 is 0.784. The van der Waals surface area contributed by atoms with Crippen molar-refractivity contribution in [3.63, 3.8) is 0 Å². The zero-order chi connectivity index (χ0) is 12.3. The highest BCUT2D eigenvalue weighted by atomic mass is 35.5. The first-order valence-electron chi connectivity index (χ1n) is 5.23. The number of hydrogen-bond acceptors (Lipinski definition) is 5. The van der Waals surface area contributed by atoms with Crippen molar-refractivity contribution in [3.05, 3.63) is 27.7 Å². The summed E-state index contributed by atoms with van der Waals surface area (Å²) in [4.78, 5) is 5.29. The number of thiophene rings is 1. The normalized spacial score (nSPS) is 14.8. The molecule has 0 aliphatic carbocycles. The number of H-pyrrole nitrogens is 1. The van der Waals surface area contributed by atoms with E-state index < -0.39 is 0 Å². The third-order valence-corrected chi connectivity index (χ3v) is 5.11. The van der Waals surface area contributed by atoms with E-state index in [4.69, 9.17) is 17.3 Å². The molecule has 0 aromatic carbocycles. The van der Waals surface area contributed by atoms with Crippen molar-refractivity contribution in [1.29, 1.82) is 0 Å². The maximum Gasteiger partial charge on any atom is 0.184 e. The van der Waals surface area contributed by atoms with Crippen LogP contribution in [0, 0.1) is 0 Å². The Balaban J connectivity index is 2.19. The Morgan fingerprint density at radius 3 is 2.94 bits per heavy atom. The largest absolute Gasteiger partial charge is 0.326 e. The van der Waals surface area contributed by atoms with Gasteiger partial charge in [-0.05, 0) is 18.6 Å². The monoisotopic (exact) mass is 288 g/mol. The number of aromatic amines is 1. The highest BCUT2D eigenvalue weighted by molar-refractivity contribution is 7.99. The van der Waals surface area contributed by atoms with Gasteiger partial charge in [-0.25, -0.2) is 4.98 Å². The molecule has 2 heterocycles. The smallest absolute Gasteiger partial charge is 0.184 e. The van der Waals surface area contributed by atoms with Gasteiger partial charge < -0.3 is 5.73 Å². The number of hydrogen-bond donors (Lipinski definition) is 2. The Morgan fingerprint density at radius 1 is 1.59 bits per heavy atom. The average molecular weight is 289 g/mol. The fourth-order valence-corrected chi connectivity index (χ4v) is 3.85. The molecule has 2 atom stereocenters. The fraction of sp³-hybridized carbons (Fsp3) is 0.400. The van der Waals surface area contributed by atoms with Crippen molar-refractivity contribution >= 4 is 34.7 Å². The van der Waals surface area contributed by atoms with Gasteiger partial charge in [0.1, 0.15) is 6.33 Å². The number of nitrogens with one attached hydrogen (secondary N) is 1. The molecule has 3 N–H and O–H groups in total. The fourth-order valence-electron chi connectivity index (χ4n) is 1.42. The second-order valence-corrected chi connectivity index (χ2v) is 6.42. The van der Waals surface area contributed by atoms with Crippen LogP contribution < -0.4 is 5.73 Å². The van der Waals surface area contributed by atoms with Gasteiger partial charge in [-0.1, -0.05) is 30.3 Å². The summed E-state index contributed by atoms with van der Waals surface area (Å²) in [6.07, 6.45) is 2.40. The third kappa shape index (κ3) is 3.22. The second kappa shape index (κ2) is 5.86. The molecule has 0 amide bonds. The highest BCUT2D eigenvalue weighted by Gasteiger charge is 2.22. The minimum absolute atomic E-state index is 0.0693. The molecule has 0 radical (unpaired) electrons. The van der Waals surface area contributed by atoms with Gasteiger partial charge in [0, 0.05) is 10.9 Å². The molecule has 2 unspecified atom stereocenters. The summed E-state index contributed by atoms with van der Waals surface area (Å²) in [6.45, 7) is 2.08. The molecular weight excluding hydrogens is 276 g/mol. The zero-order valence-corrected chi connectivity index (χ0v) is 11.6. The lowest BCUT2D eigenvalue weighted by Crippen LogP contribution is -2.25. The molecule has 7 heteroatoms. The quantitative estimate of drug-likeness (QED) is 0.830. The van der Waals surface area contributed by atoms with E-state index in [-0.39, 0.29) is 11.3 Å². The molecule has 2 aromatic rings. The van der Waals surface area contributed by atoms with Gasteiger partial charge >= 0.3 is 0 Å². The molecule has 0 aliphatic heterocycles. The van der Waals surface area contributed by atoms with E-state index in [1.165, 1.54) is 11.2 Å². The van der Waals surface area contributed by atoms with Crippen molar-refractivity contribution in [2.45, 2.75) is 29.8 Å². The van der Waals surface area contributed by atoms with E-state index in [1.54, 1.807) is 23.1 Å². The van der Waals surface area contributed by atoms with Crippen LogP contribution >= 0.6 is 34.7 Å². The van der Waals surface area contributed by atoms with Gasteiger partial charge in [0.2, 0.25) is 0 Å². The maximum absolute atomic E-state index is 6.16. The predicted molar refractivity (Wildman–Crippen MR) is 72.6 cm³/mol. The molecule has 2 rings (SSSR count). The van der Waals surface area contributed by atoms with Crippen molar-refractivity contribution < 1.29 is 0 Å². The number of halogens is 1. The summed E-state index contributed by atoms with van der Waals surface area (Å²) in [5, 5.41) is 7.62. The van der Waals surface area contributed by atoms with Crippen molar-refractivity contribution in [2.24, 2.45) is 5.73 Å². The number of rotatable bonds is 5. The standard InChI is InChI=1S/C10H13ClN4S2/c1-2-6(12)9(7-3-4-8(11)16-7)17-10-13-5-14-15-10/h3-6,9H,2,12H2,1H3,(H,13,14,15). The maximum atomic E-state index is 6.16. The van der Waals surface area contributed by atoms with Crippen LogP contribution in [0.5, 0.6) is 0 Å². The molecule has 0 spiro atoms. The molecule has 92 valence electrons. The molecule has 0 saturated carbocycles. The summed E-state index contributed by atoms with van der Waals surface area (Å²) in [7, 11) is 0. The van der Waals surface area contributed by atoms with E-state index >= 15 is 0 Å². The van der Waals surface area contributed by atoms with Crippen LogP contribution in [0.1, 0.15) is 23.5 Å². The Hall–Kier alpha value is -0.560. The summed E-state index contributed by atoms with van der Waals surface area (Å²) in [5.41, 5.74) is 6.16. The van der Waals surface area contributed by atoms with Crippen molar-refractivity contribution in [3.8, 4) is 0 Å². The first-order valence-corrected chi connectivity index (χ1v) is 7.31. The second-order valence-electron chi connectivity index (χ2n) is 3.54. The number of nitrogens with zero attached hydrogens (tertiary/aromatic N) is 2. The predicted octanol–water partition coefficient (Wildman–Crippen LogP) is 3.09. The Kier molecular flexibility index (Phi) is 4.44. The summed E-state index contributed by atoms with van der Waals surface area (Å²) in [5.74, 6) is 0. The van der Waals surface area contributed by atoms with E-state index in [1.807, 2.05) is 12.1 Å². The Bertz CT molecular complexity index is 457. The van der Waals surface area contributed by atoms with Gasteiger partial charge in [0.05, 0.1) is 9.59 Å². The molecule has 4 nitrogen and oxygen atoms in total.